The van der Waals surface area contributed by atoms with Crippen LogP contribution in [0.4, 0.5) is 14.9 Å². The zero-order chi connectivity index (χ0) is 20.8. The van der Waals surface area contributed by atoms with Crippen molar-refractivity contribution < 1.29 is 19.0 Å². The van der Waals surface area contributed by atoms with Crippen LogP contribution in [0.15, 0.2) is 23.2 Å². The van der Waals surface area contributed by atoms with Crippen molar-refractivity contribution in [2.75, 3.05) is 6.61 Å². The Hall–Kier alpha value is -1.41. The smallest absolute Gasteiger partial charge is 0.412 e. The molecule has 0 radical (unpaired) electrons. The lowest BCUT2D eigenvalue weighted by Gasteiger charge is -2.21. The molecule has 1 aromatic rings. The molecule has 0 saturated carbocycles. The number of amidine groups is 1. The summed E-state index contributed by atoms with van der Waals surface area (Å²) in [6, 6.07) is 3.87. The van der Waals surface area contributed by atoms with E-state index in [0.717, 1.165) is 6.07 Å². The van der Waals surface area contributed by atoms with Gasteiger partial charge in [0.1, 0.15) is 18.3 Å². The van der Waals surface area contributed by atoms with Gasteiger partial charge < -0.3 is 15.3 Å². The van der Waals surface area contributed by atoms with Gasteiger partial charge in [-0.3, -0.25) is 5.32 Å². The number of ether oxygens (including phenoxy) is 1. The quantitative estimate of drug-likeness (QED) is 0.345. The summed E-state index contributed by atoms with van der Waals surface area (Å²) in [6.45, 7) is 4.56. The first kappa shape index (κ1) is 23.6. The molecule has 27 heavy (non-hydrogen) atoms. The molecule has 0 saturated heterocycles. The Morgan fingerprint density at radius 2 is 1.96 bits per heavy atom. The summed E-state index contributed by atoms with van der Waals surface area (Å²) in [7, 11) is 0. The van der Waals surface area contributed by atoms with Gasteiger partial charge in [0.15, 0.2) is 0 Å². The number of nitrogens with zero attached hydrogens (tertiary/aromatic N) is 1. The van der Waals surface area contributed by atoms with Crippen LogP contribution in [0.1, 0.15) is 32.8 Å². The van der Waals surface area contributed by atoms with Crippen molar-refractivity contribution in [3.8, 4) is 0 Å². The summed E-state index contributed by atoms with van der Waals surface area (Å²) in [4.78, 5) is 16.2. The number of rotatable bonds is 5. The minimum Gasteiger partial charge on any atom is -0.445 e. The molecular weight excluding hydrogens is 420 g/mol. The monoisotopic (exact) mass is 439 g/mol. The van der Waals surface area contributed by atoms with Crippen LogP contribution in [-0.4, -0.2) is 33.1 Å². The van der Waals surface area contributed by atoms with Crippen molar-refractivity contribution in [1.29, 1.82) is 5.41 Å². The Labute approximate surface area is 172 Å². The predicted molar refractivity (Wildman–Crippen MR) is 106 cm³/mol. The van der Waals surface area contributed by atoms with E-state index < -0.39 is 34.3 Å². The van der Waals surface area contributed by atoms with E-state index in [1.807, 2.05) is 20.8 Å². The molecule has 1 rings (SSSR count). The number of halogens is 4. The van der Waals surface area contributed by atoms with E-state index in [2.05, 4.69) is 10.3 Å². The maximum Gasteiger partial charge on any atom is 0.412 e. The summed E-state index contributed by atoms with van der Waals surface area (Å²) in [5, 5.41) is 19.7. The number of alkyl carbamates (subject to hydrolysis) is 1. The van der Waals surface area contributed by atoms with Crippen LogP contribution in [0.25, 0.3) is 0 Å². The molecule has 0 aliphatic carbocycles. The standard InChI is InChI=1S/C17H21Cl3FN3O3/c1-16(2,3)13(22)7-14(24-15(26)27-9-17(18,19)20)23-11-4-5-12(21)10(6-11)8-25/h4-6,22,25H,7-9H2,1-3H3,(H,23,24,26). The highest BCUT2D eigenvalue weighted by Gasteiger charge is 2.24. The molecule has 0 aliphatic heterocycles. The van der Waals surface area contributed by atoms with Crippen molar-refractivity contribution in [2.45, 2.75) is 37.6 Å². The summed E-state index contributed by atoms with van der Waals surface area (Å²) in [6.07, 6.45) is -0.899. The van der Waals surface area contributed by atoms with E-state index in [1.165, 1.54) is 12.1 Å². The molecule has 150 valence electrons. The number of hydrogen-bond donors (Lipinski definition) is 3. The fraction of sp³-hybridized carbons (Fsp3) is 0.471. The van der Waals surface area contributed by atoms with Crippen LogP contribution in [0.2, 0.25) is 0 Å². The summed E-state index contributed by atoms with van der Waals surface area (Å²) in [5.41, 5.74) is 0.190. The molecule has 0 aromatic heterocycles. The van der Waals surface area contributed by atoms with Gasteiger partial charge in [-0.1, -0.05) is 55.6 Å². The number of alkyl halides is 3. The van der Waals surface area contributed by atoms with Gasteiger partial charge in [0, 0.05) is 17.7 Å². The number of amides is 1. The maximum atomic E-state index is 13.5. The fourth-order valence-electron chi connectivity index (χ4n) is 1.75. The van der Waals surface area contributed by atoms with Crippen molar-refractivity contribution in [3.63, 3.8) is 0 Å². The lowest BCUT2D eigenvalue weighted by atomic mass is 9.88. The minimum absolute atomic E-state index is 0.0121. The van der Waals surface area contributed by atoms with Gasteiger partial charge in [-0.25, -0.2) is 14.2 Å². The summed E-state index contributed by atoms with van der Waals surface area (Å²) >= 11 is 16.6. The molecule has 0 spiro atoms. The van der Waals surface area contributed by atoms with Gasteiger partial charge in [-0.2, -0.15) is 0 Å². The van der Waals surface area contributed by atoms with Crippen molar-refractivity contribution in [2.24, 2.45) is 10.4 Å². The first-order valence-corrected chi connectivity index (χ1v) is 9.00. The van der Waals surface area contributed by atoms with Crippen LogP contribution in [0.5, 0.6) is 0 Å². The highest BCUT2D eigenvalue weighted by molar-refractivity contribution is 6.67. The van der Waals surface area contributed by atoms with E-state index in [0.29, 0.717) is 11.4 Å². The zero-order valence-corrected chi connectivity index (χ0v) is 17.3. The largest absolute Gasteiger partial charge is 0.445 e. The van der Waals surface area contributed by atoms with Crippen LogP contribution < -0.4 is 5.32 Å². The number of aliphatic hydroxyl groups excluding tert-OH is 1. The van der Waals surface area contributed by atoms with Crippen LogP contribution in [0, 0.1) is 16.6 Å². The van der Waals surface area contributed by atoms with Crippen LogP contribution >= 0.6 is 34.8 Å². The van der Waals surface area contributed by atoms with E-state index in [4.69, 9.17) is 44.9 Å². The Bertz CT molecular complexity index is 728. The first-order valence-electron chi connectivity index (χ1n) is 7.87. The van der Waals surface area contributed by atoms with Gasteiger partial charge in [0.25, 0.3) is 0 Å². The topological polar surface area (TPSA) is 94.8 Å². The van der Waals surface area contributed by atoms with Gasteiger partial charge in [0.2, 0.25) is 3.79 Å². The zero-order valence-electron chi connectivity index (χ0n) is 15.1. The minimum atomic E-state index is -1.76. The van der Waals surface area contributed by atoms with E-state index >= 15 is 0 Å². The molecule has 3 N–H and O–H groups in total. The number of carbonyl (C=O) groups is 1. The first-order chi connectivity index (χ1) is 12.3. The lowest BCUT2D eigenvalue weighted by Crippen LogP contribution is -2.36. The molecule has 1 amide bonds. The van der Waals surface area contributed by atoms with Gasteiger partial charge in [-0.15, -0.1) is 0 Å². The second-order valence-corrected chi connectivity index (χ2v) is 9.23. The number of carbonyl (C=O) groups excluding carboxylic acids is 1. The normalized spacial score (nSPS) is 12.7. The second-order valence-electron chi connectivity index (χ2n) is 6.71. The maximum absolute atomic E-state index is 13.5. The van der Waals surface area contributed by atoms with E-state index in [1.54, 1.807) is 0 Å². The third-order valence-electron chi connectivity index (χ3n) is 3.33. The molecule has 6 nitrogen and oxygen atoms in total. The Balaban J connectivity index is 3.06. The molecular formula is C17H21Cl3FN3O3. The Morgan fingerprint density at radius 3 is 2.48 bits per heavy atom. The molecule has 0 aliphatic rings. The number of benzene rings is 1. The molecule has 10 heteroatoms. The molecule has 0 bridgehead atoms. The fourth-order valence-corrected chi connectivity index (χ4v) is 1.92. The number of nitrogens with one attached hydrogen (secondary N) is 2. The highest BCUT2D eigenvalue weighted by Crippen LogP contribution is 2.26. The SMILES string of the molecule is CC(C)(C)C(=N)CC(=Nc1ccc(F)c(CO)c1)NC(=O)OCC(Cl)(Cl)Cl. The summed E-state index contributed by atoms with van der Waals surface area (Å²) < 4.78 is 16.6. The number of aliphatic imine (C=N–C) groups is 1. The van der Waals surface area contributed by atoms with Crippen molar-refractivity contribution >= 4 is 58.1 Å². The van der Waals surface area contributed by atoms with Gasteiger partial charge in [-0.05, 0) is 23.6 Å². The van der Waals surface area contributed by atoms with E-state index in [-0.39, 0.29) is 17.8 Å². The molecule has 0 fully saturated rings. The third-order valence-corrected chi connectivity index (χ3v) is 3.65. The predicted octanol–water partition coefficient (Wildman–Crippen LogP) is 4.90. The van der Waals surface area contributed by atoms with Crippen molar-refractivity contribution in [3.05, 3.63) is 29.6 Å². The third kappa shape index (κ3) is 8.88. The van der Waals surface area contributed by atoms with Gasteiger partial charge in [0.05, 0.1) is 12.3 Å². The Kier molecular flexibility index (Phi) is 8.48. The Morgan fingerprint density at radius 1 is 1.33 bits per heavy atom. The average Bonchev–Trinajstić information content (AvgIpc) is 2.53. The van der Waals surface area contributed by atoms with Crippen LogP contribution in [0.3, 0.4) is 0 Å². The van der Waals surface area contributed by atoms with Crippen LogP contribution in [-0.2, 0) is 11.3 Å². The molecule has 0 unspecified atom stereocenters. The van der Waals surface area contributed by atoms with Crippen molar-refractivity contribution in [1.82, 2.24) is 5.32 Å². The summed E-state index contributed by atoms with van der Waals surface area (Å²) in [5.74, 6) is -0.477. The molecule has 0 atom stereocenters. The molecule has 1 aromatic carbocycles. The highest BCUT2D eigenvalue weighted by atomic mass is 35.6. The number of hydrogen-bond acceptors (Lipinski definition) is 5. The number of aliphatic hydroxyl groups is 1. The van der Waals surface area contributed by atoms with E-state index in [9.17, 15) is 14.3 Å². The molecule has 0 heterocycles. The van der Waals surface area contributed by atoms with Gasteiger partial charge >= 0.3 is 6.09 Å². The second kappa shape index (κ2) is 9.68. The average molecular weight is 441 g/mol. The lowest BCUT2D eigenvalue weighted by molar-refractivity contribution is 0.154.